The van der Waals surface area contributed by atoms with Gasteiger partial charge in [-0.2, -0.15) is 16.8 Å². The van der Waals surface area contributed by atoms with Crippen molar-refractivity contribution < 1.29 is 9.31 Å². The van der Waals surface area contributed by atoms with E-state index in [4.69, 9.17) is 0 Å². The van der Waals surface area contributed by atoms with Crippen LogP contribution in [0.4, 0.5) is 27.4 Å². The summed E-state index contributed by atoms with van der Waals surface area (Å²) < 4.78 is 14.8. The summed E-state index contributed by atoms with van der Waals surface area (Å²) in [5, 5.41) is 18.0. The summed E-state index contributed by atoms with van der Waals surface area (Å²) in [7, 11) is 0. The molecule has 1 aromatic heterocycles. The molecule has 0 amide bonds. The molecule has 3 rings (SSSR count). The van der Waals surface area contributed by atoms with Gasteiger partial charge in [-0.15, -0.1) is 0 Å². The lowest BCUT2D eigenvalue weighted by molar-refractivity contribution is -0.384. The third kappa shape index (κ3) is 4.71. The van der Waals surface area contributed by atoms with E-state index in [0.29, 0.717) is 36.3 Å². The Labute approximate surface area is 168 Å². The van der Waals surface area contributed by atoms with E-state index >= 15 is 0 Å². The van der Waals surface area contributed by atoms with Gasteiger partial charge in [0, 0.05) is 30.7 Å². The largest absolute Gasteiger partial charge is 0.370 e. The maximum atomic E-state index is 14.8. The monoisotopic (exact) mass is 405 g/mol. The Kier molecular flexibility index (Phi) is 6.69. The molecular formula is C19H24FN5O2S. The summed E-state index contributed by atoms with van der Waals surface area (Å²) >= 11 is 1.53. The van der Waals surface area contributed by atoms with E-state index in [9.17, 15) is 14.5 Å². The lowest BCUT2D eigenvalue weighted by Crippen LogP contribution is -2.49. The van der Waals surface area contributed by atoms with E-state index in [1.54, 1.807) is 23.2 Å². The zero-order valence-corrected chi connectivity index (χ0v) is 16.7. The second-order valence-corrected chi connectivity index (χ2v) is 8.04. The maximum absolute atomic E-state index is 14.8. The molecule has 9 heteroatoms. The molecule has 1 aliphatic heterocycles. The Balaban J connectivity index is 2.09. The van der Waals surface area contributed by atoms with Crippen LogP contribution in [0, 0.1) is 16.0 Å². The second kappa shape index (κ2) is 9.20. The molecule has 1 fully saturated rings. The van der Waals surface area contributed by atoms with Crippen LogP contribution in [0.5, 0.6) is 0 Å². The predicted octanol–water partition coefficient (Wildman–Crippen LogP) is 4.46. The molecule has 150 valence electrons. The van der Waals surface area contributed by atoms with Gasteiger partial charge < -0.3 is 5.32 Å². The minimum absolute atomic E-state index is 0.111. The molecule has 1 aromatic carbocycles. The first-order valence-electron chi connectivity index (χ1n) is 9.20. The third-order valence-corrected chi connectivity index (χ3v) is 5.23. The Morgan fingerprint density at radius 2 is 2.11 bits per heavy atom. The van der Waals surface area contributed by atoms with Crippen molar-refractivity contribution in [2.75, 3.05) is 34.9 Å². The summed E-state index contributed by atoms with van der Waals surface area (Å²) in [5.41, 5.74) is 0.470. The van der Waals surface area contributed by atoms with Crippen molar-refractivity contribution in [1.82, 2.24) is 9.99 Å². The quantitative estimate of drug-likeness (QED) is 0.414. The van der Waals surface area contributed by atoms with E-state index in [1.165, 1.54) is 22.8 Å². The summed E-state index contributed by atoms with van der Waals surface area (Å²) in [6.07, 6.45) is -1.26. The molecule has 28 heavy (non-hydrogen) atoms. The van der Waals surface area contributed by atoms with Crippen molar-refractivity contribution in [3.8, 4) is 0 Å². The Morgan fingerprint density at radius 1 is 1.36 bits per heavy atom. The van der Waals surface area contributed by atoms with E-state index in [-0.39, 0.29) is 11.5 Å². The van der Waals surface area contributed by atoms with Gasteiger partial charge in [0.1, 0.15) is 5.82 Å². The number of anilines is 3. The highest BCUT2D eigenvalue weighted by Crippen LogP contribution is 2.36. The molecule has 1 N–H and O–H groups in total. The van der Waals surface area contributed by atoms with Gasteiger partial charge in [0.15, 0.2) is 6.30 Å². The van der Waals surface area contributed by atoms with E-state index in [2.05, 4.69) is 24.1 Å². The Morgan fingerprint density at radius 3 is 2.75 bits per heavy atom. The molecule has 0 bridgehead atoms. The summed E-state index contributed by atoms with van der Waals surface area (Å²) in [6, 6.07) is 12.1. The van der Waals surface area contributed by atoms with Crippen molar-refractivity contribution in [3.63, 3.8) is 0 Å². The van der Waals surface area contributed by atoms with Crippen LogP contribution < -0.4 is 10.3 Å². The number of hydrogen-bond acceptors (Lipinski definition) is 7. The standard InChI is InChI=1S/C19H24FN5O2S/c1-14(2)12-21-18-9-8-16(25(26)27)19(22-18)24(15-6-4-3-5-7-15)23-10-11-28-13-17(23)20/h3-9,14,17H,10-13H2,1-2H3,(H,21,22). The SMILES string of the molecule is CC(C)CNc1ccc([N+](=O)[O-])c(N(c2ccccc2)N2CCSCC2F)n1. The van der Waals surface area contributed by atoms with Gasteiger partial charge in [0.25, 0.3) is 0 Å². The van der Waals surface area contributed by atoms with E-state index < -0.39 is 11.2 Å². The predicted molar refractivity (Wildman–Crippen MR) is 112 cm³/mol. The zero-order chi connectivity index (χ0) is 20.1. The fraction of sp³-hybridized carbons (Fsp3) is 0.421. The van der Waals surface area contributed by atoms with E-state index in [1.807, 2.05) is 18.2 Å². The fourth-order valence-corrected chi connectivity index (χ4v) is 3.75. The Hall–Kier alpha value is -2.39. The van der Waals surface area contributed by atoms with Gasteiger partial charge in [-0.1, -0.05) is 32.0 Å². The highest BCUT2D eigenvalue weighted by atomic mass is 32.2. The number of para-hydroxylation sites is 1. The molecule has 1 aliphatic rings. The van der Waals surface area contributed by atoms with Gasteiger partial charge >= 0.3 is 5.69 Å². The van der Waals surface area contributed by atoms with Crippen LogP contribution in [0.2, 0.25) is 0 Å². The number of alkyl halides is 1. The third-order valence-electron chi connectivity index (χ3n) is 4.24. The number of nitro groups is 1. The number of nitrogens with one attached hydrogen (secondary N) is 1. The Bertz CT molecular complexity index is 808. The molecule has 2 aromatic rings. The second-order valence-electron chi connectivity index (χ2n) is 6.89. The molecule has 2 heterocycles. The fourth-order valence-electron chi connectivity index (χ4n) is 2.90. The van der Waals surface area contributed by atoms with Crippen LogP contribution in [-0.2, 0) is 0 Å². The number of rotatable bonds is 7. The molecule has 0 radical (unpaired) electrons. The first kappa shape index (κ1) is 20.3. The first-order valence-corrected chi connectivity index (χ1v) is 10.4. The maximum Gasteiger partial charge on any atom is 0.313 e. The number of hydrogen-bond donors (Lipinski definition) is 1. The molecule has 1 atom stereocenters. The number of thioether (sulfide) groups is 1. The van der Waals surface area contributed by atoms with Gasteiger partial charge in [-0.25, -0.2) is 14.4 Å². The average molecular weight is 405 g/mol. The topological polar surface area (TPSA) is 74.5 Å². The van der Waals surface area contributed by atoms with Gasteiger partial charge in [0.05, 0.1) is 10.6 Å². The first-order chi connectivity index (χ1) is 13.5. The van der Waals surface area contributed by atoms with Crippen LogP contribution >= 0.6 is 11.8 Å². The van der Waals surface area contributed by atoms with Crippen molar-refractivity contribution in [2.45, 2.75) is 20.1 Å². The van der Waals surface area contributed by atoms with Crippen molar-refractivity contribution in [2.24, 2.45) is 5.92 Å². The molecule has 7 nitrogen and oxygen atoms in total. The number of pyridine rings is 1. The minimum Gasteiger partial charge on any atom is -0.370 e. The highest BCUT2D eigenvalue weighted by Gasteiger charge is 2.34. The summed E-state index contributed by atoms with van der Waals surface area (Å²) in [6.45, 7) is 5.24. The van der Waals surface area contributed by atoms with Gasteiger partial charge in [-0.3, -0.25) is 10.1 Å². The van der Waals surface area contributed by atoms with Crippen LogP contribution in [-0.4, -0.2) is 45.8 Å². The summed E-state index contributed by atoms with van der Waals surface area (Å²) in [5.74, 6) is 2.07. The van der Waals surface area contributed by atoms with E-state index in [0.717, 1.165) is 5.75 Å². The highest BCUT2D eigenvalue weighted by molar-refractivity contribution is 7.99. The number of halogens is 1. The van der Waals surface area contributed by atoms with Crippen molar-refractivity contribution in [3.05, 3.63) is 52.6 Å². The molecule has 1 saturated heterocycles. The average Bonchev–Trinajstić information content (AvgIpc) is 2.69. The minimum atomic E-state index is -1.26. The summed E-state index contributed by atoms with van der Waals surface area (Å²) in [4.78, 5) is 15.7. The molecule has 1 unspecified atom stereocenters. The number of nitrogens with zero attached hydrogens (tertiary/aromatic N) is 4. The molecular weight excluding hydrogens is 381 g/mol. The van der Waals surface area contributed by atoms with Crippen LogP contribution in [0.15, 0.2) is 42.5 Å². The zero-order valence-electron chi connectivity index (χ0n) is 15.9. The van der Waals surface area contributed by atoms with Crippen LogP contribution in [0.25, 0.3) is 0 Å². The number of benzene rings is 1. The van der Waals surface area contributed by atoms with Crippen molar-refractivity contribution in [1.29, 1.82) is 0 Å². The molecule has 0 saturated carbocycles. The van der Waals surface area contributed by atoms with Crippen molar-refractivity contribution >= 4 is 34.8 Å². The van der Waals surface area contributed by atoms with Gasteiger partial charge in [0.2, 0.25) is 5.82 Å². The normalized spacial score (nSPS) is 17.5. The number of hydrazine groups is 1. The molecule has 0 aliphatic carbocycles. The van der Waals surface area contributed by atoms with Crippen LogP contribution in [0.1, 0.15) is 13.8 Å². The lowest BCUT2D eigenvalue weighted by atomic mass is 10.2. The number of aromatic nitrogens is 1. The molecule has 0 spiro atoms. The van der Waals surface area contributed by atoms with Crippen LogP contribution in [0.3, 0.4) is 0 Å². The smallest absolute Gasteiger partial charge is 0.313 e. The lowest BCUT2D eigenvalue weighted by Gasteiger charge is -2.39. The van der Waals surface area contributed by atoms with Gasteiger partial charge in [-0.05, 0) is 24.1 Å².